The van der Waals surface area contributed by atoms with Crippen LogP contribution < -0.4 is 10.7 Å². The average molecular weight is 479 g/mol. The molecule has 2 aromatic carbocycles. The van der Waals surface area contributed by atoms with Gasteiger partial charge in [-0.05, 0) is 58.7 Å². The maximum absolute atomic E-state index is 12.6. The first-order chi connectivity index (χ1) is 14.9. The number of nitrogens with zero attached hydrogens (tertiary/aromatic N) is 2. The first kappa shape index (κ1) is 20.6. The van der Waals surface area contributed by atoms with Crippen LogP contribution in [0.1, 0.15) is 33.4 Å². The van der Waals surface area contributed by atoms with Crippen LogP contribution in [0.2, 0.25) is 0 Å². The average Bonchev–Trinajstić information content (AvgIpc) is 3.36. The Kier molecular flexibility index (Phi) is 5.73. The van der Waals surface area contributed by atoms with Crippen molar-refractivity contribution in [2.45, 2.75) is 6.92 Å². The minimum absolute atomic E-state index is 0.213. The highest BCUT2D eigenvalue weighted by atomic mass is 79.9. The monoisotopic (exact) mass is 478 g/mol. The van der Waals surface area contributed by atoms with Crippen LogP contribution in [0.15, 0.2) is 81.0 Å². The predicted molar refractivity (Wildman–Crippen MR) is 123 cm³/mol. The van der Waals surface area contributed by atoms with Crippen LogP contribution >= 0.6 is 15.9 Å². The van der Waals surface area contributed by atoms with E-state index in [9.17, 15) is 9.59 Å². The highest BCUT2D eigenvalue weighted by Gasteiger charge is 2.13. The summed E-state index contributed by atoms with van der Waals surface area (Å²) in [5.74, 6) is -0.402. The summed E-state index contributed by atoms with van der Waals surface area (Å²) in [7, 11) is 1.90. The van der Waals surface area contributed by atoms with E-state index in [-0.39, 0.29) is 17.6 Å². The van der Waals surface area contributed by atoms with Crippen LogP contribution in [0.3, 0.4) is 0 Å². The summed E-state index contributed by atoms with van der Waals surface area (Å²) in [4.78, 5) is 24.8. The highest BCUT2D eigenvalue weighted by Crippen LogP contribution is 2.20. The van der Waals surface area contributed by atoms with Gasteiger partial charge in [0.2, 0.25) is 0 Å². The SMILES string of the molecule is CC(=NNC(=O)c1cn(C)c2ccccc12)c1ccc(NC(=O)c2ccc(Br)o2)cc1. The molecule has 31 heavy (non-hydrogen) atoms. The van der Waals surface area contributed by atoms with E-state index < -0.39 is 0 Å². The summed E-state index contributed by atoms with van der Waals surface area (Å²) >= 11 is 3.17. The van der Waals surface area contributed by atoms with Crippen molar-refractivity contribution in [1.29, 1.82) is 0 Å². The van der Waals surface area contributed by atoms with E-state index in [2.05, 4.69) is 31.8 Å². The Labute approximate surface area is 186 Å². The van der Waals surface area contributed by atoms with Crippen molar-refractivity contribution < 1.29 is 14.0 Å². The molecule has 0 radical (unpaired) electrons. The van der Waals surface area contributed by atoms with Crippen LogP contribution in [0.4, 0.5) is 5.69 Å². The zero-order chi connectivity index (χ0) is 22.0. The standard InChI is InChI=1S/C23H19BrN4O3/c1-14(26-27-22(29)18-13-28(2)19-6-4-3-5-17(18)19)15-7-9-16(10-8-15)25-23(30)20-11-12-21(24)31-20/h3-13H,1-2H3,(H,25,30)(H,27,29). The van der Waals surface area contributed by atoms with E-state index in [4.69, 9.17) is 4.42 Å². The molecule has 7 nitrogen and oxygen atoms in total. The topological polar surface area (TPSA) is 88.6 Å². The van der Waals surface area contributed by atoms with Gasteiger partial charge in [-0.15, -0.1) is 0 Å². The molecular formula is C23H19BrN4O3. The molecule has 0 fully saturated rings. The molecule has 0 spiro atoms. The summed E-state index contributed by atoms with van der Waals surface area (Å²) < 4.78 is 7.65. The molecule has 0 aliphatic heterocycles. The molecule has 2 heterocycles. The number of carbonyl (C=O) groups excluding carboxylic acids is 2. The number of fused-ring (bicyclic) bond motifs is 1. The number of nitrogens with one attached hydrogen (secondary N) is 2. The number of amides is 2. The number of hydrazone groups is 1. The smallest absolute Gasteiger partial charge is 0.291 e. The number of aryl methyl sites for hydroxylation is 1. The molecule has 2 aromatic heterocycles. The van der Waals surface area contributed by atoms with Gasteiger partial charge in [-0.1, -0.05) is 30.3 Å². The summed E-state index contributed by atoms with van der Waals surface area (Å²) in [6, 6.07) is 18.1. The fraction of sp³-hybridized carbons (Fsp3) is 0.0870. The highest BCUT2D eigenvalue weighted by molar-refractivity contribution is 9.10. The van der Waals surface area contributed by atoms with Gasteiger partial charge in [-0.3, -0.25) is 9.59 Å². The third kappa shape index (κ3) is 4.44. The second-order valence-corrected chi connectivity index (χ2v) is 7.73. The van der Waals surface area contributed by atoms with E-state index >= 15 is 0 Å². The Bertz CT molecular complexity index is 1300. The quantitative estimate of drug-likeness (QED) is 0.314. The first-order valence-corrected chi connectivity index (χ1v) is 10.3. The minimum atomic E-state index is -0.341. The maximum atomic E-state index is 12.6. The Morgan fingerprint density at radius 3 is 2.45 bits per heavy atom. The normalized spacial score (nSPS) is 11.5. The van der Waals surface area contributed by atoms with Gasteiger partial charge in [-0.2, -0.15) is 5.10 Å². The number of para-hydroxylation sites is 1. The zero-order valence-electron chi connectivity index (χ0n) is 16.8. The molecule has 4 rings (SSSR count). The van der Waals surface area contributed by atoms with Crippen LogP contribution in [0, 0.1) is 0 Å². The number of hydrogen-bond donors (Lipinski definition) is 2. The summed E-state index contributed by atoms with van der Waals surface area (Å²) in [5, 5.41) is 7.87. The van der Waals surface area contributed by atoms with Crippen molar-refractivity contribution in [3.8, 4) is 0 Å². The lowest BCUT2D eigenvalue weighted by molar-refractivity contribution is 0.0955. The van der Waals surface area contributed by atoms with Gasteiger partial charge in [0.15, 0.2) is 10.4 Å². The Hall–Kier alpha value is -3.65. The first-order valence-electron chi connectivity index (χ1n) is 9.48. The van der Waals surface area contributed by atoms with Gasteiger partial charge >= 0.3 is 0 Å². The number of halogens is 1. The van der Waals surface area contributed by atoms with Crippen molar-refractivity contribution in [2.24, 2.45) is 12.1 Å². The van der Waals surface area contributed by atoms with Crippen molar-refractivity contribution in [1.82, 2.24) is 9.99 Å². The third-order valence-corrected chi connectivity index (χ3v) is 5.25. The lowest BCUT2D eigenvalue weighted by Crippen LogP contribution is -2.19. The molecule has 0 saturated carbocycles. The van der Waals surface area contributed by atoms with Crippen molar-refractivity contribution in [3.63, 3.8) is 0 Å². The van der Waals surface area contributed by atoms with E-state index in [1.807, 2.05) is 48.0 Å². The van der Waals surface area contributed by atoms with Gasteiger partial charge < -0.3 is 14.3 Å². The van der Waals surface area contributed by atoms with E-state index in [1.54, 1.807) is 37.4 Å². The molecule has 0 saturated heterocycles. The second kappa shape index (κ2) is 8.61. The lowest BCUT2D eigenvalue weighted by atomic mass is 10.1. The summed E-state index contributed by atoms with van der Waals surface area (Å²) in [6.45, 7) is 1.80. The number of aromatic nitrogens is 1. The fourth-order valence-corrected chi connectivity index (χ4v) is 3.51. The molecule has 0 atom stereocenters. The number of anilines is 1. The van der Waals surface area contributed by atoms with E-state index in [0.29, 0.717) is 21.6 Å². The predicted octanol–water partition coefficient (Wildman–Crippen LogP) is 4.94. The molecule has 156 valence electrons. The number of furan rings is 1. The third-order valence-electron chi connectivity index (χ3n) is 4.82. The van der Waals surface area contributed by atoms with E-state index in [1.165, 1.54) is 0 Å². The van der Waals surface area contributed by atoms with Crippen LogP contribution in [-0.2, 0) is 7.05 Å². The number of rotatable bonds is 5. The fourth-order valence-electron chi connectivity index (χ4n) is 3.21. The molecular weight excluding hydrogens is 460 g/mol. The second-order valence-electron chi connectivity index (χ2n) is 6.94. The van der Waals surface area contributed by atoms with Crippen LogP contribution in [0.5, 0.6) is 0 Å². The number of benzene rings is 2. The molecule has 4 aromatic rings. The largest absolute Gasteiger partial charge is 0.444 e. The minimum Gasteiger partial charge on any atom is -0.444 e. The zero-order valence-corrected chi connectivity index (χ0v) is 18.4. The van der Waals surface area contributed by atoms with Crippen LogP contribution in [0.25, 0.3) is 10.9 Å². The Morgan fingerprint density at radius 2 is 1.74 bits per heavy atom. The molecule has 0 aliphatic carbocycles. The summed E-state index contributed by atoms with van der Waals surface area (Å²) in [5.41, 5.74) is 6.25. The maximum Gasteiger partial charge on any atom is 0.291 e. The summed E-state index contributed by atoms with van der Waals surface area (Å²) in [6.07, 6.45) is 1.79. The number of carbonyl (C=O) groups is 2. The molecule has 0 aliphatic rings. The van der Waals surface area contributed by atoms with Crippen molar-refractivity contribution in [3.05, 3.63) is 88.4 Å². The van der Waals surface area contributed by atoms with E-state index in [0.717, 1.165) is 16.5 Å². The molecule has 2 N–H and O–H groups in total. The molecule has 0 bridgehead atoms. The van der Waals surface area contributed by atoms with Gasteiger partial charge in [0, 0.05) is 29.8 Å². The van der Waals surface area contributed by atoms with Gasteiger partial charge in [0.05, 0.1) is 11.3 Å². The molecule has 2 amide bonds. The lowest BCUT2D eigenvalue weighted by Gasteiger charge is -2.06. The van der Waals surface area contributed by atoms with Crippen molar-refractivity contribution in [2.75, 3.05) is 5.32 Å². The Morgan fingerprint density at radius 1 is 1.00 bits per heavy atom. The number of hydrogen-bond acceptors (Lipinski definition) is 4. The molecule has 0 unspecified atom stereocenters. The van der Waals surface area contributed by atoms with Gasteiger partial charge in [0.1, 0.15) is 0 Å². The van der Waals surface area contributed by atoms with Crippen LogP contribution in [-0.4, -0.2) is 22.1 Å². The van der Waals surface area contributed by atoms with Gasteiger partial charge in [-0.25, -0.2) is 5.43 Å². The molecule has 8 heteroatoms. The Balaban J connectivity index is 1.43. The van der Waals surface area contributed by atoms with Crippen molar-refractivity contribution >= 4 is 50.0 Å². The van der Waals surface area contributed by atoms with Gasteiger partial charge in [0.25, 0.3) is 11.8 Å².